The largest absolute Gasteiger partial charge is 1.00 e. The van der Waals surface area contributed by atoms with Gasteiger partial charge in [-0.1, -0.05) is 105 Å². The van der Waals surface area contributed by atoms with E-state index in [0.29, 0.717) is 29.7 Å². The van der Waals surface area contributed by atoms with E-state index in [2.05, 4.69) is 4.99 Å². The standard InChI is InChI=1S/C42H44N5O5.BrH/c1-30(2)37-40(51)47(35(25-31-15-8-5-9-16-31)39(50)45(23-24-48)41-43-42(3,4)29-52-41)36(33-19-12-7-13-20-33)28-46(37)38(49)34-21-14-22-44(27-34)26-32-17-10-6-11-18-32;/h5-22,24,27-28,30,35,37H,23,25-26,29H2,1-4H3;1H/q+1;/p-1/t35-,37+;/m0./s1. The summed E-state index contributed by atoms with van der Waals surface area (Å²) in [6, 6.07) is 30.2. The minimum absolute atomic E-state index is 0. The predicted octanol–water partition coefficient (Wildman–Crippen LogP) is 2.14. The van der Waals surface area contributed by atoms with Crippen molar-refractivity contribution in [3.63, 3.8) is 0 Å². The summed E-state index contributed by atoms with van der Waals surface area (Å²) in [6.07, 6.45) is 6.16. The van der Waals surface area contributed by atoms with Gasteiger partial charge in [0.15, 0.2) is 18.9 Å². The number of pyridine rings is 1. The first-order valence-corrected chi connectivity index (χ1v) is 17.5. The van der Waals surface area contributed by atoms with Gasteiger partial charge in [0.05, 0.1) is 17.8 Å². The van der Waals surface area contributed by atoms with Gasteiger partial charge in [-0.15, -0.1) is 0 Å². The van der Waals surface area contributed by atoms with Crippen LogP contribution >= 0.6 is 0 Å². The Bertz CT molecular complexity index is 1980. The van der Waals surface area contributed by atoms with E-state index in [-0.39, 0.29) is 54.4 Å². The Kier molecular flexibility index (Phi) is 12.4. The maximum atomic E-state index is 15.1. The van der Waals surface area contributed by atoms with Crippen LogP contribution in [-0.2, 0) is 32.1 Å². The number of halogens is 1. The predicted molar refractivity (Wildman–Crippen MR) is 197 cm³/mol. The molecule has 0 saturated heterocycles. The quantitative estimate of drug-likeness (QED) is 0.172. The molecule has 0 aliphatic carbocycles. The monoisotopic (exact) mass is 777 g/mol. The van der Waals surface area contributed by atoms with Gasteiger partial charge in [-0.25, -0.2) is 4.99 Å². The van der Waals surface area contributed by atoms with Crippen molar-refractivity contribution in [1.29, 1.82) is 0 Å². The number of benzene rings is 3. The maximum Gasteiger partial charge on any atom is 0.295 e. The lowest BCUT2D eigenvalue weighted by Gasteiger charge is -2.44. The Hall–Kier alpha value is -5.42. The molecule has 0 fully saturated rings. The first-order chi connectivity index (χ1) is 25.1. The van der Waals surface area contributed by atoms with E-state index in [0.717, 1.165) is 11.1 Å². The molecule has 11 heteroatoms. The molecule has 1 aromatic heterocycles. The molecule has 0 unspecified atom stereocenters. The van der Waals surface area contributed by atoms with Gasteiger partial charge in [0, 0.05) is 24.3 Å². The molecular formula is C42H44BrN5O5. The number of aliphatic imine (C=N–C) groups is 1. The highest BCUT2D eigenvalue weighted by molar-refractivity contribution is 6.06. The van der Waals surface area contributed by atoms with Crippen molar-refractivity contribution in [3.8, 4) is 0 Å². The summed E-state index contributed by atoms with van der Waals surface area (Å²) < 4.78 is 7.80. The van der Waals surface area contributed by atoms with Crippen molar-refractivity contribution in [2.24, 2.45) is 10.9 Å². The molecule has 2 atom stereocenters. The van der Waals surface area contributed by atoms with E-state index in [1.807, 2.05) is 136 Å². The van der Waals surface area contributed by atoms with Crippen LogP contribution < -0.4 is 21.5 Å². The number of aromatic nitrogens is 1. The third kappa shape index (κ3) is 8.80. The molecule has 0 saturated carbocycles. The average Bonchev–Trinajstić information content (AvgIpc) is 3.52. The fourth-order valence-corrected chi connectivity index (χ4v) is 6.63. The Morgan fingerprint density at radius 1 is 0.943 bits per heavy atom. The van der Waals surface area contributed by atoms with E-state index in [1.54, 1.807) is 18.5 Å². The van der Waals surface area contributed by atoms with Crippen LogP contribution in [0, 0.1) is 5.92 Å². The molecule has 10 nitrogen and oxygen atoms in total. The van der Waals surface area contributed by atoms with Gasteiger partial charge < -0.3 is 26.5 Å². The lowest BCUT2D eigenvalue weighted by molar-refractivity contribution is -0.688. The summed E-state index contributed by atoms with van der Waals surface area (Å²) >= 11 is 0. The number of nitrogens with zero attached hydrogens (tertiary/aromatic N) is 5. The van der Waals surface area contributed by atoms with Crippen molar-refractivity contribution >= 4 is 35.7 Å². The minimum Gasteiger partial charge on any atom is -1.00 e. The van der Waals surface area contributed by atoms with E-state index >= 15 is 4.79 Å². The summed E-state index contributed by atoms with van der Waals surface area (Å²) in [7, 11) is 0. The molecule has 2 aliphatic heterocycles. The van der Waals surface area contributed by atoms with Gasteiger partial charge >= 0.3 is 0 Å². The highest BCUT2D eigenvalue weighted by Crippen LogP contribution is 2.34. The van der Waals surface area contributed by atoms with Crippen LogP contribution in [0.5, 0.6) is 0 Å². The van der Waals surface area contributed by atoms with Gasteiger partial charge in [0.25, 0.3) is 23.7 Å². The summed E-state index contributed by atoms with van der Waals surface area (Å²) in [5, 5.41) is 0. The first kappa shape index (κ1) is 38.8. The molecule has 4 aromatic rings. The van der Waals surface area contributed by atoms with Gasteiger partial charge in [-0.2, -0.15) is 4.57 Å². The van der Waals surface area contributed by atoms with E-state index < -0.39 is 29.4 Å². The molecule has 6 rings (SSSR count). The van der Waals surface area contributed by atoms with Crippen LogP contribution in [-0.4, -0.2) is 75.5 Å². The van der Waals surface area contributed by atoms with Gasteiger partial charge in [0.1, 0.15) is 30.5 Å². The summed E-state index contributed by atoms with van der Waals surface area (Å²) in [5.74, 6) is -1.59. The molecule has 0 radical (unpaired) electrons. The molecule has 3 heterocycles. The zero-order valence-corrected chi connectivity index (χ0v) is 31.9. The van der Waals surface area contributed by atoms with Crippen molar-refractivity contribution in [1.82, 2.24) is 14.7 Å². The van der Waals surface area contributed by atoms with E-state index in [4.69, 9.17) is 4.74 Å². The number of hydrogen-bond donors (Lipinski definition) is 0. The number of rotatable bonds is 11. The molecule has 0 bridgehead atoms. The second kappa shape index (κ2) is 16.9. The number of ether oxygens (including phenoxy) is 1. The van der Waals surface area contributed by atoms with Crippen LogP contribution in [0.2, 0.25) is 0 Å². The lowest BCUT2D eigenvalue weighted by Crippen LogP contribution is -3.00. The maximum absolute atomic E-state index is 15.1. The van der Waals surface area contributed by atoms with Crippen LogP contribution in [0.1, 0.15) is 54.7 Å². The molecule has 0 spiro atoms. The fraction of sp³-hybridized carbons (Fsp3) is 0.286. The van der Waals surface area contributed by atoms with Crippen molar-refractivity contribution in [3.05, 3.63) is 144 Å². The number of aldehydes is 1. The smallest absolute Gasteiger partial charge is 0.295 e. The third-order valence-electron chi connectivity index (χ3n) is 9.14. The molecular weight excluding hydrogens is 734 g/mol. The van der Waals surface area contributed by atoms with Crippen LogP contribution in [0.15, 0.2) is 127 Å². The Morgan fingerprint density at radius 2 is 1.57 bits per heavy atom. The van der Waals surface area contributed by atoms with Crippen molar-refractivity contribution in [2.45, 2.75) is 58.3 Å². The molecule has 3 amide bonds. The van der Waals surface area contributed by atoms with Crippen LogP contribution in [0.25, 0.3) is 5.70 Å². The Labute approximate surface area is 321 Å². The SMILES string of the molecule is CC(C)[C@@H]1C(=O)N([C@@H](Cc2ccccc2)C(=O)N(CC=O)C2=NC(C)(C)CO2)C(c2ccccc2)=CN1C(=O)c1ccc[n+](Cc2ccccc2)c1.[Br-]. The average molecular weight is 779 g/mol. The Morgan fingerprint density at radius 3 is 2.15 bits per heavy atom. The number of hydrogen-bond acceptors (Lipinski definition) is 6. The Balaban J connectivity index is 0.00000541. The molecule has 0 N–H and O–H groups in total. The number of amides is 3. The zero-order chi connectivity index (χ0) is 36.8. The number of carbonyl (C=O) groups is 4. The highest BCUT2D eigenvalue weighted by Gasteiger charge is 2.47. The molecule has 53 heavy (non-hydrogen) atoms. The normalized spacial score (nSPS) is 16.9. The third-order valence-corrected chi connectivity index (χ3v) is 9.14. The number of carbonyl (C=O) groups excluding carboxylic acids is 4. The van der Waals surface area contributed by atoms with E-state index in [9.17, 15) is 14.4 Å². The van der Waals surface area contributed by atoms with Crippen LogP contribution in [0.4, 0.5) is 0 Å². The summed E-state index contributed by atoms with van der Waals surface area (Å²) in [6.45, 7) is 8.04. The summed E-state index contributed by atoms with van der Waals surface area (Å²) in [5.41, 5.74) is 2.76. The van der Waals surface area contributed by atoms with Crippen LogP contribution in [0.3, 0.4) is 0 Å². The van der Waals surface area contributed by atoms with Crippen molar-refractivity contribution < 1.29 is 45.5 Å². The molecule has 2 aliphatic rings. The zero-order valence-electron chi connectivity index (χ0n) is 30.3. The van der Waals surface area contributed by atoms with E-state index in [1.165, 1.54) is 14.7 Å². The minimum atomic E-state index is -1.11. The second-order valence-corrected chi connectivity index (χ2v) is 14.1. The van der Waals surface area contributed by atoms with Gasteiger partial charge in [-0.3, -0.25) is 29.1 Å². The summed E-state index contributed by atoms with van der Waals surface area (Å²) in [4.78, 5) is 65.4. The second-order valence-electron chi connectivity index (χ2n) is 14.1. The van der Waals surface area contributed by atoms with Gasteiger partial charge in [0.2, 0.25) is 0 Å². The number of amidine groups is 1. The first-order valence-electron chi connectivity index (χ1n) is 17.5. The molecule has 274 valence electrons. The van der Waals surface area contributed by atoms with Gasteiger partial charge in [-0.05, 0) is 37.0 Å². The fourth-order valence-electron chi connectivity index (χ4n) is 6.63. The lowest BCUT2D eigenvalue weighted by atomic mass is 9.93. The topological polar surface area (TPSA) is 103 Å². The highest BCUT2D eigenvalue weighted by atomic mass is 79.9. The van der Waals surface area contributed by atoms with Crippen molar-refractivity contribution in [2.75, 3.05) is 13.2 Å². The molecule has 3 aromatic carbocycles.